The lowest BCUT2D eigenvalue weighted by atomic mass is 10.3. The number of thiophene rings is 1. The third-order valence-electron chi connectivity index (χ3n) is 1.72. The van der Waals surface area contributed by atoms with Crippen molar-refractivity contribution >= 4 is 38.7 Å². The van der Waals surface area contributed by atoms with Crippen LogP contribution in [0, 0.1) is 10.4 Å². The van der Waals surface area contributed by atoms with Gasteiger partial charge < -0.3 is 15.6 Å². The Morgan fingerprint density at radius 1 is 1.44 bits per heavy atom. The van der Waals surface area contributed by atoms with Crippen LogP contribution in [0.25, 0.3) is 0 Å². The van der Waals surface area contributed by atoms with Gasteiger partial charge in [-0.15, -0.1) is 11.3 Å². The molecule has 0 atom stereocenters. The van der Waals surface area contributed by atoms with Crippen molar-refractivity contribution in [3.8, 4) is 0 Å². The van der Waals surface area contributed by atoms with Crippen LogP contribution >= 0.6 is 22.7 Å². The molecule has 6 nitrogen and oxygen atoms in total. The summed E-state index contributed by atoms with van der Waals surface area (Å²) in [5.41, 5.74) is 0.291. The van der Waals surface area contributed by atoms with Crippen LogP contribution in [0.2, 0.25) is 0 Å². The number of amides is 1. The molecular formula is C8H6N3O3S2-. The second kappa shape index (κ2) is 4.68. The number of anilines is 1. The molecule has 8 heteroatoms. The molecule has 0 radical (unpaired) electrons. The fourth-order valence-corrected chi connectivity index (χ4v) is 2.26. The Labute approximate surface area is 98.3 Å². The molecular weight excluding hydrogens is 250 g/mol. The molecule has 2 aromatic rings. The van der Waals surface area contributed by atoms with Gasteiger partial charge in [-0.2, -0.15) is 0 Å². The van der Waals surface area contributed by atoms with E-state index in [1.165, 1.54) is 22.8 Å². The molecule has 0 aromatic carbocycles. The summed E-state index contributed by atoms with van der Waals surface area (Å²) >= 11 is 2.25. The van der Waals surface area contributed by atoms with E-state index in [-0.39, 0.29) is 10.9 Å². The highest BCUT2D eigenvalue weighted by molar-refractivity contribution is 7.14. The summed E-state index contributed by atoms with van der Waals surface area (Å²) < 4.78 is 0. The minimum absolute atomic E-state index is 0.0317. The van der Waals surface area contributed by atoms with E-state index in [4.69, 9.17) is 0 Å². The van der Waals surface area contributed by atoms with Crippen LogP contribution in [-0.2, 0) is 0 Å². The molecule has 0 aliphatic heterocycles. The largest absolute Gasteiger partial charge is 0.627 e. The molecule has 0 fully saturated rings. The first-order valence-corrected chi connectivity index (χ1v) is 5.93. The number of hydrogen-bond acceptors (Lipinski definition) is 6. The van der Waals surface area contributed by atoms with E-state index in [0.29, 0.717) is 10.7 Å². The van der Waals surface area contributed by atoms with Gasteiger partial charge >= 0.3 is 0 Å². The molecule has 16 heavy (non-hydrogen) atoms. The van der Waals surface area contributed by atoms with Gasteiger partial charge in [-0.25, -0.2) is 4.98 Å². The standard InChI is InChI=1S/C8H6N3O3S2/c12-7(10-8-9-1-2-15-8)5-3-6(11(13)14)16-4-5/h1-4,11H,(H,9,10,12)/q-1. The maximum atomic E-state index is 11.6. The maximum Gasteiger partial charge on any atom is 0.258 e. The fourth-order valence-electron chi connectivity index (χ4n) is 1.02. The van der Waals surface area contributed by atoms with Gasteiger partial charge in [-0.1, -0.05) is 11.3 Å². The first kappa shape index (κ1) is 11.2. The average molecular weight is 256 g/mol. The molecule has 2 N–H and O–H groups in total. The monoisotopic (exact) mass is 256 g/mol. The Bertz CT molecular complexity index is 480. The predicted molar refractivity (Wildman–Crippen MR) is 61.7 cm³/mol. The highest BCUT2D eigenvalue weighted by Gasteiger charge is 2.11. The number of carbonyl (C=O) groups is 1. The Morgan fingerprint density at radius 2 is 2.25 bits per heavy atom. The number of nitrogens with one attached hydrogen (secondary N) is 2. The Hall–Kier alpha value is -1.32. The molecule has 1 amide bonds. The molecule has 84 valence electrons. The van der Waals surface area contributed by atoms with Crippen molar-refractivity contribution in [1.82, 2.24) is 4.98 Å². The van der Waals surface area contributed by atoms with Crippen molar-refractivity contribution in [1.29, 1.82) is 0 Å². The highest BCUT2D eigenvalue weighted by Crippen LogP contribution is 2.18. The van der Waals surface area contributed by atoms with E-state index in [0.717, 1.165) is 11.3 Å². The van der Waals surface area contributed by atoms with E-state index in [9.17, 15) is 15.2 Å². The Morgan fingerprint density at radius 3 is 2.81 bits per heavy atom. The summed E-state index contributed by atoms with van der Waals surface area (Å²) in [6, 6.07) is 1.28. The first-order valence-electron chi connectivity index (χ1n) is 4.17. The lowest BCUT2D eigenvalue weighted by molar-refractivity contribution is -0.711. The van der Waals surface area contributed by atoms with Crippen LogP contribution in [0.15, 0.2) is 23.0 Å². The molecule has 0 spiro atoms. The van der Waals surface area contributed by atoms with Crippen molar-refractivity contribution < 1.29 is 10.0 Å². The smallest absolute Gasteiger partial charge is 0.258 e. The quantitative estimate of drug-likeness (QED) is 0.800. The first-order chi connectivity index (χ1) is 7.66. The van der Waals surface area contributed by atoms with Crippen LogP contribution in [0.5, 0.6) is 0 Å². The van der Waals surface area contributed by atoms with Crippen molar-refractivity contribution in [2.75, 3.05) is 5.32 Å². The van der Waals surface area contributed by atoms with Crippen molar-refractivity contribution in [3.63, 3.8) is 0 Å². The summed E-state index contributed by atoms with van der Waals surface area (Å²) in [5, 5.41) is 26.0. The lowest BCUT2D eigenvalue weighted by Gasteiger charge is -2.21. The molecule has 2 aromatic heterocycles. The minimum Gasteiger partial charge on any atom is -0.627 e. The van der Waals surface area contributed by atoms with E-state index < -0.39 is 5.23 Å². The molecule has 0 aliphatic carbocycles. The van der Waals surface area contributed by atoms with Crippen molar-refractivity contribution in [2.45, 2.75) is 0 Å². The maximum absolute atomic E-state index is 11.6. The van der Waals surface area contributed by atoms with Gasteiger partial charge in [0, 0.05) is 23.0 Å². The normalized spacial score (nSPS) is 10.7. The third-order valence-corrected chi connectivity index (χ3v) is 3.31. The van der Waals surface area contributed by atoms with Crippen LogP contribution in [0.1, 0.15) is 10.4 Å². The Balaban J connectivity index is 2.09. The molecule has 2 rings (SSSR count). The second-order valence-corrected chi connectivity index (χ2v) is 4.58. The molecule has 0 bridgehead atoms. The number of quaternary nitrogens is 1. The van der Waals surface area contributed by atoms with Crippen LogP contribution in [0.3, 0.4) is 0 Å². The zero-order valence-electron chi connectivity index (χ0n) is 7.80. The van der Waals surface area contributed by atoms with Gasteiger partial charge in [-0.3, -0.25) is 10.1 Å². The van der Waals surface area contributed by atoms with E-state index in [1.807, 2.05) is 0 Å². The minimum atomic E-state index is -1.28. The number of nitrogens with zero attached hydrogens (tertiary/aromatic N) is 1. The summed E-state index contributed by atoms with van der Waals surface area (Å²) in [7, 11) is 0. The number of aromatic nitrogens is 1. The van der Waals surface area contributed by atoms with Crippen LogP contribution < -0.4 is 10.5 Å². The predicted octanol–water partition coefficient (Wildman–Crippen LogP) is 0.969. The fraction of sp³-hybridized carbons (Fsp3) is 0. The number of thiazole rings is 1. The Kier molecular flexibility index (Phi) is 3.27. The summed E-state index contributed by atoms with van der Waals surface area (Å²) in [6.07, 6.45) is 1.57. The van der Waals surface area contributed by atoms with Gasteiger partial charge in [0.05, 0.1) is 5.56 Å². The van der Waals surface area contributed by atoms with Crippen LogP contribution in [-0.4, -0.2) is 10.9 Å². The summed E-state index contributed by atoms with van der Waals surface area (Å²) in [5.74, 6) is -0.376. The topological polar surface area (TPSA) is 92.5 Å². The van der Waals surface area contributed by atoms with Crippen molar-refractivity contribution in [2.24, 2.45) is 0 Å². The lowest BCUT2D eigenvalue weighted by Crippen LogP contribution is -2.95. The van der Waals surface area contributed by atoms with Crippen molar-refractivity contribution in [3.05, 3.63) is 39.0 Å². The molecule has 0 saturated carbocycles. The van der Waals surface area contributed by atoms with E-state index in [1.54, 1.807) is 11.6 Å². The molecule has 0 unspecified atom stereocenters. The van der Waals surface area contributed by atoms with E-state index in [2.05, 4.69) is 10.3 Å². The zero-order valence-corrected chi connectivity index (χ0v) is 9.43. The number of carbonyl (C=O) groups excluding carboxylic acids is 1. The number of rotatable bonds is 3. The summed E-state index contributed by atoms with van der Waals surface area (Å²) in [6.45, 7) is 0. The zero-order chi connectivity index (χ0) is 11.5. The number of hydrogen-bond donors (Lipinski definition) is 2. The van der Waals surface area contributed by atoms with Gasteiger partial charge in [0.1, 0.15) is 0 Å². The van der Waals surface area contributed by atoms with Crippen LogP contribution in [0.4, 0.5) is 10.1 Å². The van der Waals surface area contributed by atoms with Gasteiger partial charge in [-0.05, 0) is 0 Å². The summed E-state index contributed by atoms with van der Waals surface area (Å²) in [4.78, 5) is 15.5. The third kappa shape index (κ3) is 2.43. The van der Waals surface area contributed by atoms with Gasteiger partial charge in [0.15, 0.2) is 10.1 Å². The average Bonchev–Trinajstić information content (AvgIpc) is 2.86. The second-order valence-electron chi connectivity index (χ2n) is 2.78. The molecule has 0 aliphatic rings. The molecule has 2 heterocycles. The van der Waals surface area contributed by atoms with Gasteiger partial charge in [0.25, 0.3) is 5.91 Å². The highest BCUT2D eigenvalue weighted by atomic mass is 32.1. The van der Waals surface area contributed by atoms with E-state index >= 15 is 0 Å². The van der Waals surface area contributed by atoms with Gasteiger partial charge in [0.2, 0.25) is 0 Å². The molecule has 0 saturated heterocycles. The SMILES string of the molecule is O=C(Nc1nccs1)c1csc([NH+]([O-])[O-])c1.